The van der Waals surface area contributed by atoms with E-state index in [2.05, 4.69) is 19.2 Å². The molecular weight excluding hydrogens is 460 g/mol. The van der Waals surface area contributed by atoms with E-state index in [1.807, 2.05) is 55.5 Å². The fourth-order valence-electron chi connectivity index (χ4n) is 3.95. The minimum Gasteiger partial charge on any atom is -0.497 e. The van der Waals surface area contributed by atoms with Crippen LogP contribution >= 0.6 is 0 Å². The summed E-state index contributed by atoms with van der Waals surface area (Å²) in [5.41, 5.74) is 3.94. The minimum atomic E-state index is -3.52. The highest BCUT2D eigenvalue weighted by Crippen LogP contribution is 2.26. The van der Waals surface area contributed by atoms with Crippen molar-refractivity contribution in [3.63, 3.8) is 0 Å². The summed E-state index contributed by atoms with van der Waals surface area (Å²) in [6.07, 6.45) is 1.98. The number of benzene rings is 3. The number of ether oxygens (including phenoxy) is 1. The Bertz CT molecular complexity index is 1240. The molecule has 186 valence electrons. The van der Waals surface area contributed by atoms with Gasteiger partial charge in [-0.25, -0.2) is 8.42 Å². The number of hydrogen-bond acceptors (Lipinski definition) is 4. The van der Waals surface area contributed by atoms with Crippen molar-refractivity contribution in [3.8, 4) is 5.75 Å². The Kier molecular flexibility index (Phi) is 8.57. The molecule has 6 nitrogen and oxygen atoms in total. The van der Waals surface area contributed by atoms with Gasteiger partial charge in [0.25, 0.3) is 5.91 Å². The van der Waals surface area contributed by atoms with Gasteiger partial charge in [0.05, 0.1) is 31.6 Å². The van der Waals surface area contributed by atoms with Crippen LogP contribution in [0, 0.1) is 12.8 Å². The monoisotopic (exact) mass is 494 g/mol. The molecule has 3 rings (SSSR count). The highest BCUT2D eigenvalue weighted by Gasteiger charge is 2.21. The topological polar surface area (TPSA) is 75.7 Å². The molecule has 3 aromatic carbocycles. The summed E-state index contributed by atoms with van der Waals surface area (Å²) < 4.78 is 31.7. The summed E-state index contributed by atoms with van der Waals surface area (Å²) >= 11 is 0. The molecule has 0 aliphatic rings. The maximum atomic E-state index is 13.1. The number of sulfonamides is 1. The molecule has 1 unspecified atom stereocenters. The lowest BCUT2D eigenvalue weighted by atomic mass is 9.96. The number of rotatable bonds is 10. The van der Waals surface area contributed by atoms with Crippen LogP contribution in [0.15, 0.2) is 72.8 Å². The molecule has 0 fully saturated rings. The fourth-order valence-corrected chi connectivity index (χ4v) is 4.83. The highest BCUT2D eigenvalue weighted by molar-refractivity contribution is 7.92. The SMILES string of the molecule is COc1ccc(C(CC(C)C)NC(=O)c2ccc(N(Cc3ccccc3C)S(C)(=O)=O)cc2)cc1. The zero-order valence-electron chi connectivity index (χ0n) is 21.0. The van der Waals surface area contributed by atoms with Crippen LogP contribution in [0.3, 0.4) is 0 Å². The Balaban J connectivity index is 1.80. The minimum absolute atomic E-state index is 0.151. The van der Waals surface area contributed by atoms with E-state index in [1.165, 1.54) is 10.6 Å². The first-order valence-corrected chi connectivity index (χ1v) is 13.5. The predicted octanol–water partition coefficient (Wildman–Crippen LogP) is 5.49. The third-order valence-electron chi connectivity index (χ3n) is 5.92. The Hall–Kier alpha value is -3.32. The number of nitrogens with zero attached hydrogens (tertiary/aromatic N) is 1. The molecule has 3 aromatic rings. The van der Waals surface area contributed by atoms with E-state index in [0.29, 0.717) is 17.2 Å². The molecule has 0 saturated heterocycles. The fraction of sp³-hybridized carbons (Fsp3) is 0.321. The smallest absolute Gasteiger partial charge is 0.251 e. The van der Waals surface area contributed by atoms with Gasteiger partial charge in [-0.2, -0.15) is 0 Å². The molecule has 0 aliphatic heterocycles. The molecule has 1 amide bonds. The van der Waals surface area contributed by atoms with E-state index in [9.17, 15) is 13.2 Å². The van der Waals surface area contributed by atoms with E-state index < -0.39 is 10.0 Å². The molecule has 0 aliphatic carbocycles. The Morgan fingerprint density at radius 2 is 1.60 bits per heavy atom. The van der Waals surface area contributed by atoms with E-state index >= 15 is 0 Å². The molecule has 0 saturated carbocycles. The summed E-state index contributed by atoms with van der Waals surface area (Å²) in [5, 5.41) is 3.13. The van der Waals surface area contributed by atoms with Crippen LogP contribution in [0.5, 0.6) is 5.75 Å². The lowest BCUT2D eigenvalue weighted by Crippen LogP contribution is -2.30. The molecule has 0 aromatic heterocycles. The number of nitrogens with one attached hydrogen (secondary N) is 1. The number of methoxy groups -OCH3 is 1. The Labute approximate surface area is 209 Å². The summed E-state index contributed by atoms with van der Waals surface area (Å²) in [5.74, 6) is 0.942. The molecule has 0 heterocycles. The molecule has 7 heteroatoms. The van der Waals surface area contributed by atoms with Gasteiger partial charge in [0, 0.05) is 5.56 Å². The number of carbonyl (C=O) groups is 1. The number of amides is 1. The highest BCUT2D eigenvalue weighted by atomic mass is 32.2. The molecular formula is C28H34N2O4S. The molecule has 0 bridgehead atoms. The third-order valence-corrected chi connectivity index (χ3v) is 7.06. The van der Waals surface area contributed by atoms with Crippen LogP contribution in [0.25, 0.3) is 0 Å². The van der Waals surface area contributed by atoms with Crippen molar-refractivity contribution in [3.05, 3.63) is 95.1 Å². The van der Waals surface area contributed by atoms with Crippen LogP contribution in [-0.4, -0.2) is 27.7 Å². The molecule has 35 heavy (non-hydrogen) atoms. The maximum absolute atomic E-state index is 13.1. The van der Waals surface area contributed by atoms with Crippen molar-refractivity contribution in [2.45, 2.75) is 39.8 Å². The van der Waals surface area contributed by atoms with Crippen LogP contribution in [0.1, 0.15) is 53.4 Å². The lowest BCUT2D eigenvalue weighted by molar-refractivity contribution is 0.0932. The summed E-state index contributed by atoms with van der Waals surface area (Å²) in [7, 11) is -1.89. The molecule has 1 atom stereocenters. The lowest BCUT2D eigenvalue weighted by Gasteiger charge is -2.24. The van der Waals surface area contributed by atoms with Crippen LogP contribution in [-0.2, 0) is 16.6 Å². The molecule has 0 radical (unpaired) electrons. The average molecular weight is 495 g/mol. The van der Waals surface area contributed by atoms with Crippen molar-refractivity contribution >= 4 is 21.6 Å². The van der Waals surface area contributed by atoms with Crippen molar-refractivity contribution < 1.29 is 17.9 Å². The van der Waals surface area contributed by atoms with Crippen molar-refractivity contribution in [1.82, 2.24) is 5.32 Å². The quantitative estimate of drug-likeness (QED) is 0.405. The van der Waals surface area contributed by atoms with Gasteiger partial charge in [0.1, 0.15) is 5.75 Å². The van der Waals surface area contributed by atoms with Gasteiger partial charge in [0.2, 0.25) is 10.0 Å². The van der Waals surface area contributed by atoms with Gasteiger partial charge in [-0.1, -0.05) is 50.2 Å². The van der Waals surface area contributed by atoms with Crippen molar-refractivity contribution in [2.24, 2.45) is 5.92 Å². The van der Waals surface area contributed by atoms with Gasteiger partial charge in [-0.05, 0) is 72.4 Å². The number of carbonyl (C=O) groups excluding carboxylic acids is 1. The van der Waals surface area contributed by atoms with Crippen LogP contribution in [0.4, 0.5) is 5.69 Å². The van der Waals surface area contributed by atoms with E-state index in [-0.39, 0.29) is 18.5 Å². The normalized spacial score (nSPS) is 12.3. The third kappa shape index (κ3) is 7.09. The van der Waals surface area contributed by atoms with Gasteiger partial charge in [-0.3, -0.25) is 9.10 Å². The predicted molar refractivity (Wildman–Crippen MR) is 141 cm³/mol. The van der Waals surface area contributed by atoms with Gasteiger partial charge in [0.15, 0.2) is 0 Å². The van der Waals surface area contributed by atoms with Crippen molar-refractivity contribution in [1.29, 1.82) is 0 Å². The van der Waals surface area contributed by atoms with E-state index in [0.717, 1.165) is 28.9 Å². The average Bonchev–Trinajstić information content (AvgIpc) is 2.82. The van der Waals surface area contributed by atoms with Gasteiger partial charge >= 0.3 is 0 Å². The first kappa shape index (κ1) is 26.3. The van der Waals surface area contributed by atoms with Crippen LogP contribution < -0.4 is 14.4 Å². The summed E-state index contributed by atoms with van der Waals surface area (Å²) in [6, 6.07) is 21.9. The zero-order valence-corrected chi connectivity index (χ0v) is 21.8. The number of anilines is 1. The standard InChI is InChI=1S/C28H34N2O4S/c1-20(2)18-27(22-12-16-26(34-4)17-13-22)29-28(31)23-10-14-25(15-11-23)30(35(5,32)33)19-24-9-7-6-8-21(24)3/h6-17,20,27H,18-19H2,1-5H3,(H,29,31). The Morgan fingerprint density at radius 1 is 0.971 bits per heavy atom. The molecule has 0 spiro atoms. The zero-order chi connectivity index (χ0) is 25.6. The first-order valence-electron chi connectivity index (χ1n) is 11.7. The second-order valence-electron chi connectivity index (χ2n) is 9.17. The molecule has 1 N–H and O–H groups in total. The Morgan fingerprint density at radius 3 is 2.14 bits per heavy atom. The number of aryl methyl sites for hydroxylation is 1. The van der Waals surface area contributed by atoms with Crippen LogP contribution in [0.2, 0.25) is 0 Å². The maximum Gasteiger partial charge on any atom is 0.251 e. The largest absolute Gasteiger partial charge is 0.497 e. The van der Waals surface area contributed by atoms with E-state index in [4.69, 9.17) is 4.74 Å². The summed E-state index contributed by atoms with van der Waals surface area (Å²) in [4.78, 5) is 13.1. The van der Waals surface area contributed by atoms with Gasteiger partial charge in [-0.15, -0.1) is 0 Å². The second-order valence-corrected chi connectivity index (χ2v) is 11.1. The second kappa shape index (κ2) is 11.4. The first-order chi connectivity index (χ1) is 16.6. The van der Waals surface area contributed by atoms with Gasteiger partial charge < -0.3 is 10.1 Å². The number of hydrogen-bond donors (Lipinski definition) is 1. The van der Waals surface area contributed by atoms with E-state index in [1.54, 1.807) is 31.4 Å². The van der Waals surface area contributed by atoms with Crippen molar-refractivity contribution in [2.75, 3.05) is 17.7 Å². The summed E-state index contributed by atoms with van der Waals surface area (Å²) in [6.45, 7) is 6.42.